The molecule has 0 rings (SSSR count). The van der Waals surface area contributed by atoms with Gasteiger partial charge in [0.05, 0.1) is 0 Å². The number of halogens is 2. The van der Waals surface area contributed by atoms with Crippen molar-refractivity contribution in [2.45, 2.75) is 0 Å². The van der Waals surface area contributed by atoms with E-state index >= 15 is 0 Å². The molecule has 2 nitrogen and oxygen atoms in total. The van der Waals surface area contributed by atoms with Crippen LogP contribution in [0.3, 0.4) is 0 Å². The summed E-state index contributed by atoms with van der Waals surface area (Å²) in [4.78, 5) is 0. The Morgan fingerprint density at radius 3 is 1.75 bits per heavy atom. The molecule has 0 fully saturated rings. The van der Waals surface area contributed by atoms with Gasteiger partial charge < -0.3 is 4.66 Å². The van der Waals surface area contributed by atoms with E-state index in [1.54, 1.807) is 0 Å². The molecular formula is H2BrClO2. The van der Waals surface area contributed by atoms with Crippen LogP contribution in [0.5, 0.6) is 0 Å². The van der Waals surface area contributed by atoms with Crippen molar-refractivity contribution in [2.75, 3.05) is 0 Å². The molecule has 0 heterocycles. The molecule has 4 heteroatoms. The average molecular weight is 149 g/mol. The minimum Gasteiger partial charge on any atom is -0.506 e. The smallest absolute Gasteiger partial charge is 0.327 e. The van der Waals surface area contributed by atoms with Crippen LogP contribution in [0.2, 0.25) is 0 Å². The van der Waals surface area contributed by atoms with E-state index in [-0.39, 0.29) is 28.3 Å². The first-order chi connectivity index (χ1) is 1.41. The fourth-order valence-corrected chi connectivity index (χ4v) is 0. The second-order valence-corrected chi connectivity index (χ2v) is 0.207. The molecule has 0 aliphatic rings. The molecule has 0 spiro atoms. The van der Waals surface area contributed by atoms with Gasteiger partial charge in [0.2, 0.25) is 0 Å². The lowest BCUT2D eigenvalue weighted by Crippen LogP contribution is -1.94. The van der Waals surface area contributed by atoms with Crippen molar-refractivity contribution >= 4 is 17.0 Å². The highest BCUT2D eigenvalue weighted by molar-refractivity contribution is 8.93. The van der Waals surface area contributed by atoms with Crippen molar-refractivity contribution in [1.29, 1.82) is 0 Å². The van der Waals surface area contributed by atoms with Crippen molar-refractivity contribution in [3.05, 3.63) is 0 Å². The summed E-state index contributed by atoms with van der Waals surface area (Å²) in [6.07, 6.45) is 0. The summed E-state index contributed by atoms with van der Waals surface area (Å²) >= 11 is -0.167. The number of rotatable bonds is 0. The van der Waals surface area contributed by atoms with Gasteiger partial charge in [-0.3, -0.25) is 0 Å². The minimum atomic E-state index is -0.167. The maximum absolute atomic E-state index is 8.35. The van der Waals surface area contributed by atoms with E-state index in [1.165, 1.54) is 0 Å². The summed E-state index contributed by atoms with van der Waals surface area (Å²) in [5.74, 6) is 0. The third-order valence-corrected chi connectivity index (χ3v) is 0. The van der Waals surface area contributed by atoms with Crippen molar-refractivity contribution in [3.63, 3.8) is 0 Å². The van der Waals surface area contributed by atoms with Crippen molar-refractivity contribution in [2.24, 2.45) is 0 Å². The molecule has 0 unspecified atom stereocenters. The van der Waals surface area contributed by atoms with Gasteiger partial charge in [0, 0.05) is 0 Å². The van der Waals surface area contributed by atoms with Crippen LogP contribution >= 0.6 is 17.0 Å². The van der Waals surface area contributed by atoms with Gasteiger partial charge in [-0.25, -0.2) is 0 Å². The van der Waals surface area contributed by atoms with E-state index < -0.39 is 0 Å². The summed E-state index contributed by atoms with van der Waals surface area (Å²) in [5, 5.41) is 0. The Kier molecular flexibility index (Phi) is 20.6. The zero-order valence-corrected chi connectivity index (χ0v) is 4.11. The monoisotopic (exact) mass is 148 g/mol. The molecule has 4 heavy (non-hydrogen) atoms. The maximum atomic E-state index is 8.35. The lowest BCUT2D eigenvalue weighted by Gasteiger charge is -1.46. The molecule has 0 aromatic heterocycles. The van der Waals surface area contributed by atoms with Gasteiger partial charge in [0.25, 0.3) is 0 Å². The SMILES string of the molecule is Br.[O-][Cl+]O. The average Bonchev–Trinajstić information content (AvgIpc) is 0.918. The fourth-order valence-electron chi connectivity index (χ4n) is 0. The van der Waals surface area contributed by atoms with Gasteiger partial charge in [0.15, 0.2) is 0 Å². The molecule has 0 aromatic rings. The van der Waals surface area contributed by atoms with Crippen LogP contribution < -0.4 is 4.66 Å². The minimum absolute atomic E-state index is 0. The summed E-state index contributed by atoms with van der Waals surface area (Å²) < 4.78 is 15.2. The summed E-state index contributed by atoms with van der Waals surface area (Å²) in [6.45, 7) is 0. The summed E-state index contributed by atoms with van der Waals surface area (Å²) in [6, 6.07) is 0. The Hall–Kier alpha value is 0.690. The van der Waals surface area contributed by atoms with Gasteiger partial charge in [-0.05, 0) is 0 Å². The van der Waals surface area contributed by atoms with Gasteiger partial charge in [0.1, 0.15) is 0 Å². The third kappa shape index (κ3) is 16.1. The topological polar surface area (TPSA) is 43.3 Å². The van der Waals surface area contributed by atoms with E-state index in [4.69, 9.17) is 9.32 Å². The van der Waals surface area contributed by atoms with Crippen LogP contribution in [0.1, 0.15) is 0 Å². The molecule has 0 aliphatic heterocycles. The molecule has 0 aliphatic carbocycles. The molecule has 0 atom stereocenters. The molecule has 0 radical (unpaired) electrons. The lowest BCUT2D eigenvalue weighted by molar-refractivity contribution is -1.27. The predicted molar refractivity (Wildman–Crippen MR) is 12.5 cm³/mol. The first-order valence-electron chi connectivity index (χ1n) is 0.323. The van der Waals surface area contributed by atoms with Crippen LogP contribution in [-0.4, -0.2) is 4.66 Å². The van der Waals surface area contributed by atoms with Crippen LogP contribution in [0.4, 0.5) is 0 Å². The predicted octanol–water partition coefficient (Wildman–Crippen LogP) is -1.17. The Balaban J connectivity index is 0. The third-order valence-electron chi connectivity index (χ3n) is 0. The zero-order valence-electron chi connectivity index (χ0n) is 1.64. The number of hydrogen-bond acceptors (Lipinski definition) is 2. The number of hydrogen-bond donors (Lipinski definition) is 1. The van der Waals surface area contributed by atoms with Gasteiger partial charge in [-0.15, -0.1) is 21.6 Å². The Morgan fingerprint density at radius 2 is 1.75 bits per heavy atom. The summed E-state index contributed by atoms with van der Waals surface area (Å²) in [7, 11) is 0. The zero-order chi connectivity index (χ0) is 2.71. The highest BCUT2D eigenvalue weighted by Crippen LogP contribution is 1.13. The van der Waals surface area contributed by atoms with Gasteiger partial charge in [-0.1, -0.05) is 0 Å². The van der Waals surface area contributed by atoms with Crippen LogP contribution in [0, 0.1) is 11.3 Å². The lowest BCUT2D eigenvalue weighted by atomic mass is 15.9. The molecule has 0 amide bonds. The second-order valence-electron chi connectivity index (χ2n) is 0.0690. The molecule has 1 N–H and O–H groups in total. The molecule has 28 valence electrons. The van der Waals surface area contributed by atoms with Gasteiger partial charge >= 0.3 is 11.3 Å². The first kappa shape index (κ1) is 8.83. The van der Waals surface area contributed by atoms with Crippen LogP contribution in [0.15, 0.2) is 0 Å². The van der Waals surface area contributed by atoms with Crippen molar-refractivity contribution < 1.29 is 20.6 Å². The van der Waals surface area contributed by atoms with Crippen LogP contribution in [0.25, 0.3) is 0 Å². The summed E-state index contributed by atoms with van der Waals surface area (Å²) in [5.41, 5.74) is 0. The molecule has 0 aromatic carbocycles. The fraction of sp³-hybridized carbons (Fsp3) is 0. The van der Waals surface area contributed by atoms with E-state index in [0.29, 0.717) is 0 Å². The Bertz CT molecular complexity index is 6.00. The largest absolute Gasteiger partial charge is 0.506 e. The quantitative estimate of drug-likeness (QED) is 0.472. The van der Waals surface area contributed by atoms with Crippen molar-refractivity contribution in [1.82, 2.24) is 0 Å². The first-order valence-corrected chi connectivity index (χ1v) is 0.970. The van der Waals surface area contributed by atoms with Crippen LogP contribution in [-0.2, 0) is 0 Å². The van der Waals surface area contributed by atoms with Gasteiger partial charge in [-0.2, -0.15) is 0 Å². The Labute approximate surface area is 38.3 Å². The highest BCUT2D eigenvalue weighted by Gasteiger charge is 1.47. The van der Waals surface area contributed by atoms with E-state index in [1.807, 2.05) is 0 Å². The second kappa shape index (κ2) is 9.35. The standard InChI is InChI=1S/BrH.ClHO2/c;2-1-3/h1H;2H. The molecule has 0 bridgehead atoms. The normalized spacial score (nSPS) is 4.50. The van der Waals surface area contributed by atoms with E-state index in [9.17, 15) is 0 Å². The highest BCUT2D eigenvalue weighted by atomic mass is 79.9. The molecule has 0 saturated carbocycles. The van der Waals surface area contributed by atoms with Crippen molar-refractivity contribution in [3.8, 4) is 0 Å². The Morgan fingerprint density at radius 1 is 1.75 bits per heavy atom. The molecular weight excluding hydrogens is 147 g/mol. The van der Waals surface area contributed by atoms with E-state index in [2.05, 4.69) is 0 Å². The van der Waals surface area contributed by atoms with E-state index in [0.717, 1.165) is 0 Å². The maximum Gasteiger partial charge on any atom is 0.327 e. The molecule has 0 saturated heterocycles.